The van der Waals surface area contributed by atoms with E-state index in [1.807, 2.05) is 12.1 Å². The monoisotopic (exact) mass is 331 g/mol. The molecule has 3 nitrogen and oxygen atoms in total. The molecule has 126 valence electrons. The predicted octanol–water partition coefficient (Wildman–Crippen LogP) is 5.01. The van der Waals surface area contributed by atoms with Crippen LogP contribution in [0.1, 0.15) is 17.4 Å². The Morgan fingerprint density at radius 2 is 1.48 bits per heavy atom. The van der Waals surface area contributed by atoms with Gasteiger partial charge in [0.2, 0.25) is 0 Å². The highest BCUT2D eigenvalue weighted by atomic mass is 16.7. The molecular formula is C22H21NO2. The van der Waals surface area contributed by atoms with E-state index in [0.717, 1.165) is 17.8 Å². The Labute approximate surface area is 148 Å². The van der Waals surface area contributed by atoms with Gasteiger partial charge in [0.1, 0.15) is 0 Å². The van der Waals surface area contributed by atoms with Gasteiger partial charge in [0.15, 0.2) is 6.29 Å². The van der Waals surface area contributed by atoms with E-state index in [4.69, 9.17) is 9.47 Å². The highest BCUT2D eigenvalue weighted by Crippen LogP contribution is 2.24. The van der Waals surface area contributed by atoms with E-state index in [9.17, 15) is 0 Å². The van der Waals surface area contributed by atoms with Crippen LogP contribution < -0.4 is 5.32 Å². The average Bonchev–Trinajstić information content (AvgIpc) is 3.23. The van der Waals surface area contributed by atoms with Crippen LogP contribution in [0.5, 0.6) is 0 Å². The van der Waals surface area contributed by atoms with Crippen LogP contribution in [0, 0.1) is 0 Å². The molecule has 0 saturated carbocycles. The molecule has 0 radical (unpaired) electrons. The fourth-order valence-corrected chi connectivity index (χ4v) is 3.02. The number of hydrogen-bond acceptors (Lipinski definition) is 3. The summed E-state index contributed by atoms with van der Waals surface area (Å²) in [5.74, 6) is 0. The second-order valence-corrected chi connectivity index (χ2v) is 6.12. The van der Waals surface area contributed by atoms with Gasteiger partial charge in [-0.05, 0) is 34.9 Å². The molecule has 0 aliphatic carbocycles. The fraction of sp³-hybridized carbons (Fsp3) is 0.182. The lowest BCUT2D eigenvalue weighted by molar-refractivity contribution is -0.0441. The first kappa shape index (κ1) is 15.9. The predicted molar refractivity (Wildman–Crippen MR) is 100 cm³/mol. The Bertz CT molecular complexity index is 809. The summed E-state index contributed by atoms with van der Waals surface area (Å²) >= 11 is 0. The smallest absolute Gasteiger partial charge is 0.184 e. The first-order valence-electron chi connectivity index (χ1n) is 8.60. The molecule has 4 rings (SSSR count). The summed E-state index contributed by atoms with van der Waals surface area (Å²) in [6.45, 7) is 2.10. The molecule has 0 spiro atoms. The van der Waals surface area contributed by atoms with Crippen molar-refractivity contribution in [1.29, 1.82) is 0 Å². The van der Waals surface area contributed by atoms with E-state index >= 15 is 0 Å². The molecule has 1 N–H and O–H groups in total. The molecule has 0 bridgehead atoms. The van der Waals surface area contributed by atoms with Gasteiger partial charge in [-0.2, -0.15) is 0 Å². The third-order valence-electron chi connectivity index (χ3n) is 4.33. The molecule has 1 heterocycles. The van der Waals surface area contributed by atoms with Crippen molar-refractivity contribution in [3.63, 3.8) is 0 Å². The highest BCUT2D eigenvalue weighted by Gasteiger charge is 2.18. The Hall–Kier alpha value is -2.62. The van der Waals surface area contributed by atoms with Crippen molar-refractivity contribution in [3.05, 3.63) is 90.0 Å². The van der Waals surface area contributed by atoms with Gasteiger partial charge in [0.05, 0.1) is 13.2 Å². The zero-order chi connectivity index (χ0) is 16.9. The quantitative estimate of drug-likeness (QED) is 0.713. The van der Waals surface area contributed by atoms with Gasteiger partial charge in [-0.1, -0.05) is 60.7 Å². The van der Waals surface area contributed by atoms with Crippen molar-refractivity contribution >= 4 is 5.69 Å². The van der Waals surface area contributed by atoms with Gasteiger partial charge in [-0.3, -0.25) is 0 Å². The first-order valence-corrected chi connectivity index (χ1v) is 8.60. The second kappa shape index (κ2) is 7.51. The first-order chi connectivity index (χ1) is 12.4. The molecule has 1 aliphatic heterocycles. The number of benzene rings is 3. The molecule has 25 heavy (non-hydrogen) atoms. The maximum absolute atomic E-state index is 5.57. The van der Waals surface area contributed by atoms with Crippen LogP contribution in [-0.2, 0) is 16.0 Å². The van der Waals surface area contributed by atoms with E-state index in [1.54, 1.807) is 0 Å². The van der Waals surface area contributed by atoms with Crippen LogP contribution in [0.2, 0.25) is 0 Å². The minimum atomic E-state index is -0.217. The Balaban J connectivity index is 1.40. The normalized spacial score (nSPS) is 14.6. The second-order valence-electron chi connectivity index (χ2n) is 6.12. The minimum absolute atomic E-state index is 0.217. The van der Waals surface area contributed by atoms with Gasteiger partial charge in [0, 0.05) is 17.8 Å². The standard InChI is InChI=1S/C22H21NO2/c1-2-6-18(7-3-1)19-9-11-21(12-10-19)23-16-17-5-4-8-20(15-17)22-24-13-14-25-22/h1-12,15,22-23H,13-14,16H2. The molecular weight excluding hydrogens is 310 g/mol. The van der Waals surface area contributed by atoms with Gasteiger partial charge in [-0.25, -0.2) is 0 Å². The van der Waals surface area contributed by atoms with Gasteiger partial charge >= 0.3 is 0 Å². The fourth-order valence-electron chi connectivity index (χ4n) is 3.02. The lowest BCUT2D eigenvalue weighted by Gasteiger charge is -2.12. The maximum Gasteiger partial charge on any atom is 0.184 e. The van der Waals surface area contributed by atoms with Crippen molar-refractivity contribution in [3.8, 4) is 11.1 Å². The number of anilines is 1. The van der Waals surface area contributed by atoms with E-state index in [1.165, 1.54) is 16.7 Å². The summed E-state index contributed by atoms with van der Waals surface area (Å²) < 4.78 is 11.1. The van der Waals surface area contributed by atoms with Crippen molar-refractivity contribution in [1.82, 2.24) is 0 Å². The molecule has 3 aromatic carbocycles. The summed E-state index contributed by atoms with van der Waals surface area (Å²) in [5.41, 5.74) is 5.86. The molecule has 0 atom stereocenters. The summed E-state index contributed by atoms with van der Waals surface area (Å²) in [7, 11) is 0. The third-order valence-corrected chi connectivity index (χ3v) is 4.33. The van der Waals surface area contributed by atoms with E-state index < -0.39 is 0 Å². The third kappa shape index (κ3) is 3.90. The summed E-state index contributed by atoms with van der Waals surface area (Å²) in [6.07, 6.45) is -0.217. The number of hydrogen-bond donors (Lipinski definition) is 1. The van der Waals surface area contributed by atoms with Crippen molar-refractivity contribution in [2.24, 2.45) is 0 Å². The minimum Gasteiger partial charge on any atom is -0.381 e. The number of ether oxygens (including phenoxy) is 2. The Morgan fingerprint density at radius 3 is 2.24 bits per heavy atom. The van der Waals surface area contributed by atoms with E-state index in [2.05, 4.69) is 72.0 Å². The van der Waals surface area contributed by atoms with Crippen LogP contribution in [0.15, 0.2) is 78.9 Å². The van der Waals surface area contributed by atoms with Crippen molar-refractivity contribution in [2.45, 2.75) is 12.8 Å². The van der Waals surface area contributed by atoms with Crippen molar-refractivity contribution < 1.29 is 9.47 Å². The van der Waals surface area contributed by atoms with Gasteiger partial charge < -0.3 is 14.8 Å². The molecule has 1 saturated heterocycles. The average molecular weight is 331 g/mol. The Morgan fingerprint density at radius 1 is 0.760 bits per heavy atom. The van der Waals surface area contributed by atoms with Crippen LogP contribution in [0.25, 0.3) is 11.1 Å². The maximum atomic E-state index is 5.57. The van der Waals surface area contributed by atoms with Crippen LogP contribution in [-0.4, -0.2) is 13.2 Å². The van der Waals surface area contributed by atoms with Crippen molar-refractivity contribution in [2.75, 3.05) is 18.5 Å². The molecule has 3 aromatic rings. The Kier molecular flexibility index (Phi) is 4.77. The summed E-state index contributed by atoms with van der Waals surface area (Å²) in [5, 5.41) is 3.48. The lowest BCUT2D eigenvalue weighted by atomic mass is 10.1. The molecule has 0 aromatic heterocycles. The topological polar surface area (TPSA) is 30.5 Å². The van der Waals surface area contributed by atoms with Crippen LogP contribution in [0.3, 0.4) is 0 Å². The molecule has 3 heteroatoms. The zero-order valence-corrected chi connectivity index (χ0v) is 14.0. The summed E-state index contributed by atoms with van der Waals surface area (Å²) in [6, 6.07) is 27.3. The lowest BCUT2D eigenvalue weighted by Crippen LogP contribution is -2.02. The largest absolute Gasteiger partial charge is 0.381 e. The van der Waals surface area contributed by atoms with Crippen LogP contribution >= 0.6 is 0 Å². The summed E-state index contributed by atoms with van der Waals surface area (Å²) in [4.78, 5) is 0. The molecule has 0 unspecified atom stereocenters. The van der Waals surface area contributed by atoms with Crippen LogP contribution in [0.4, 0.5) is 5.69 Å². The number of nitrogens with one attached hydrogen (secondary N) is 1. The van der Waals surface area contributed by atoms with Gasteiger partial charge in [-0.15, -0.1) is 0 Å². The SMILES string of the molecule is c1ccc(-c2ccc(NCc3cccc(C4OCCO4)c3)cc2)cc1. The van der Waals surface area contributed by atoms with Gasteiger partial charge in [0.25, 0.3) is 0 Å². The highest BCUT2D eigenvalue weighted by molar-refractivity contribution is 5.65. The number of rotatable bonds is 5. The van der Waals surface area contributed by atoms with E-state index in [0.29, 0.717) is 13.2 Å². The molecule has 1 aliphatic rings. The molecule has 1 fully saturated rings. The van der Waals surface area contributed by atoms with E-state index in [-0.39, 0.29) is 6.29 Å². The molecule has 0 amide bonds. The zero-order valence-electron chi connectivity index (χ0n) is 14.0.